The normalized spacial score (nSPS) is 15.0. The second-order valence-corrected chi connectivity index (χ2v) is 5.37. The molecule has 0 amide bonds. The van der Waals surface area contributed by atoms with Gasteiger partial charge in [-0.1, -0.05) is 35.9 Å². The summed E-state index contributed by atoms with van der Waals surface area (Å²) in [6.07, 6.45) is -2.76. The van der Waals surface area contributed by atoms with Gasteiger partial charge in [0.1, 0.15) is 5.82 Å². The Bertz CT molecular complexity index is 670. The smallest absolute Gasteiger partial charge is 0.351 e. The van der Waals surface area contributed by atoms with E-state index in [1.54, 1.807) is 0 Å². The largest absolute Gasteiger partial charge is 0.417 e. The van der Waals surface area contributed by atoms with Crippen LogP contribution in [0.5, 0.6) is 0 Å². The van der Waals surface area contributed by atoms with Gasteiger partial charge in [0.15, 0.2) is 0 Å². The maximum absolute atomic E-state index is 12.6. The van der Waals surface area contributed by atoms with E-state index >= 15 is 0 Å². The first kappa shape index (κ1) is 14.2. The molecule has 2 heterocycles. The molecule has 3 rings (SSSR count). The second-order valence-electron chi connectivity index (χ2n) is 4.97. The molecule has 21 heavy (non-hydrogen) atoms. The molecule has 2 aromatic rings. The number of alkyl halides is 3. The monoisotopic (exact) mass is 312 g/mol. The van der Waals surface area contributed by atoms with Crippen LogP contribution in [-0.2, 0) is 19.1 Å². The Morgan fingerprint density at radius 1 is 1.14 bits per heavy atom. The van der Waals surface area contributed by atoms with Crippen molar-refractivity contribution in [2.45, 2.75) is 19.1 Å². The van der Waals surface area contributed by atoms with Gasteiger partial charge < -0.3 is 4.90 Å². The third-order valence-electron chi connectivity index (χ3n) is 3.58. The van der Waals surface area contributed by atoms with Gasteiger partial charge in [0, 0.05) is 19.3 Å². The van der Waals surface area contributed by atoms with Crippen LogP contribution >= 0.6 is 11.6 Å². The Balaban J connectivity index is 1.89. The average molecular weight is 313 g/mol. The van der Waals surface area contributed by atoms with Gasteiger partial charge in [-0.2, -0.15) is 13.2 Å². The highest BCUT2D eigenvalue weighted by atomic mass is 35.5. The van der Waals surface area contributed by atoms with Gasteiger partial charge in [0.05, 0.1) is 10.6 Å². The highest BCUT2D eigenvalue weighted by Gasteiger charge is 2.32. The zero-order valence-corrected chi connectivity index (χ0v) is 11.7. The highest BCUT2D eigenvalue weighted by Crippen LogP contribution is 2.34. The molecule has 1 aromatic heterocycles. The van der Waals surface area contributed by atoms with Crippen LogP contribution in [0.4, 0.5) is 19.0 Å². The van der Waals surface area contributed by atoms with Gasteiger partial charge in [-0.05, 0) is 23.6 Å². The summed E-state index contributed by atoms with van der Waals surface area (Å²) >= 11 is 5.99. The Morgan fingerprint density at radius 2 is 1.86 bits per heavy atom. The van der Waals surface area contributed by atoms with E-state index in [-0.39, 0.29) is 5.02 Å². The summed E-state index contributed by atoms with van der Waals surface area (Å²) in [5.41, 5.74) is 1.59. The molecule has 0 fully saturated rings. The number of rotatable bonds is 1. The summed E-state index contributed by atoms with van der Waals surface area (Å²) in [5, 5.41) is 0.0317. The lowest BCUT2D eigenvalue weighted by atomic mass is 10.00. The minimum Gasteiger partial charge on any atom is -0.351 e. The number of halogens is 4. The maximum Gasteiger partial charge on any atom is 0.417 e. The average Bonchev–Trinajstić information content (AvgIpc) is 2.45. The van der Waals surface area contributed by atoms with Crippen molar-refractivity contribution < 1.29 is 13.2 Å². The molecule has 0 aliphatic carbocycles. The quantitative estimate of drug-likeness (QED) is 0.779. The zero-order valence-electron chi connectivity index (χ0n) is 11.0. The van der Waals surface area contributed by atoms with Gasteiger partial charge in [-0.25, -0.2) is 4.98 Å². The molecular formula is C15H12ClF3N2. The topological polar surface area (TPSA) is 16.1 Å². The van der Waals surface area contributed by atoms with Gasteiger partial charge in [-0.3, -0.25) is 0 Å². The van der Waals surface area contributed by atoms with Crippen molar-refractivity contribution in [1.29, 1.82) is 0 Å². The Morgan fingerprint density at radius 3 is 2.52 bits per heavy atom. The summed E-state index contributed by atoms with van der Waals surface area (Å²) in [6.45, 7) is 1.29. The molecule has 0 saturated carbocycles. The zero-order chi connectivity index (χ0) is 15.0. The van der Waals surface area contributed by atoms with Crippen molar-refractivity contribution in [3.05, 3.63) is 58.2 Å². The summed E-state index contributed by atoms with van der Waals surface area (Å²) in [5.74, 6) is 0.402. The van der Waals surface area contributed by atoms with E-state index in [4.69, 9.17) is 11.6 Å². The predicted molar refractivity (Wildman–Crippen MR) is 75.4 cm³/mol. The van der Waals surface area contributed by atoms with E-state index in [1.165, 1.54) is 5.56 Å². The first-order valence-corrected chi connectivity index (χ1v) is 6.87. The standard InChI is InChI=1S/C15H12ClF3N2/c16-13-7-12(15(17,18)19)8-20-14(13)21-6-5-10-3-1-2-4-11(10)9-21/h1-4,7-8H,5-6,9H2. The molecule has 0 unspecified atom stereocenters. The Hall–Kier alpha value is -1.75. The molecule has 2 nitrogen and oxygen atoms in total. The molecule has 0 spiro atoms. The van der Waals surface area contributed by atoms with Crippen LogP contribution in [0.25, 0.3) is 0 Å². The van der Waals surface area contributed by atoms with Crippen LogP contribution < -0.4 is 4.90 Å². The third-order valence-corrected chi connectivity index (χ3v) is 3.86. The first-order valence-electron chi connectivity index (χ1n) is 6.49. The van der Waals surface area contributed by atoms with Crippen molar-refractivity contribution >= 4 is 17.4 Å². The third kappa shape index (κ3) is 2.83. The first-order chi connectivity index (χ1) is 9.95. The van der Waals surface area contributed by atoms with Crippen LogP contribution in [-0.4, -0.2) is 11.5 Å². The fourth-order valence-corrected chi connectivity index (χ4v) is 2.78. The van der Waals surface area contributed by atoms with Crippen molar-refractivity contribution in [2.24, 2.45) is 0 Å². The summed E-state index contributed by atoms with van der Waals surface area (Å²) < 4.78 is 37.9. The van der Waals surface area contributed by atoms with Crippen LogP contribution in [0.3, 0.4) is 0 Å². The predicted octanol–water partition coefficient (Wildman–Crippen LogP) is 4.32. The van der Waals surface area contributed by atoms with E-state index in [0.29, 0.717) is 18.9 Å². The number of benzene rings is 1. The Kier molecular flexibility index (Phi) is 3.53. The van der Waals surface area contributed by atoms with Crippen molar-refractivity contribution in [2.75, 3.05) is 11.4 Å². The molecule has 1 aliphatic rings. The summed E-state index contributed by atoms with van der Waals surface area (Å²) in [7, 11) is 0. The lowest BCUT2D eigenvalue weighted by molar-refractivity contribution is -0.137. The fraction of sp³-hybridized carbons (Fsp3) is 0.267. The molecular weight excluding hydrogens is 301 g/mol. The summed E-state index contributed by atoms with van der Waals surface area (Å²) in [4.78, 5) is 5.82. The number of fused-ring (bicyclic) bond motifs is 1. The lowest BCUT2D eigenvalue weighted by Crippen LogP contribution is -2.31. The number of hydrogen-bond acceptors (Lipinski definition) is 2. The minimum absolute atomic E-state index is 0.0317. The van der Waals surface area contributed by atoms with Crippen molar-refractivity contribution in [1.82, 2.24) is 4.98 Å². The Labute approximate surface area is 125 Å². The fourth-order valence-electron chi connectivity index (χ4n) is 2.49. The molecule has 110 valence electrons. The van der Waals surface area contributed by atoms with E-state index in [2.05, 4.69) is 11.1 Å². The molecule has 1 aliphatic heterocycles. The lowest BCUT2D eigenvalue weighted by Gasteiger charge is -2.30. The van der Waals surface area contributed by atoms with Crippen LogP contribution in [0.2, 0.25) is 5.02 Å². The van der Waals surface area contributed by atoms with Gasteiger partial charge in [-0.15, -0.1) is 0 Å². The molecule has 0 saturated heterocycles. The summed E-state index contributed by atoms with van der Waals surface area (Å²) in [6, 6.07) is 8.94. The SMILES string of the molecule is FC(F)(F)c1cnc(N2CCc3ccccc3C2)c(Cl)c1. The number of aromatic nitrogens is 1. The number of pyridine rings is 1. The van der Waals surface area contributed by atoms with E-state index in [0.717, 1.165) is 24.2 Å². The molecule has 0 bridgehead atoms. The van der Waals surface area contributed by atoms with Gasteiger partial charge in [0.25, 0.3) is 0 Å². The minimum atomic E-state index is -4.43. The second kappa shape index (κ2) is 5.22. The van der Waals surface area contributed by atoms with Crippen molar-refractivity contribution in [3.63, 3.8) is 0 Å². The molecule has 1 aromatic carbocycles. The van der Waals surface area contributed by atoms with Crippen LogP contribution in [0.15, 0.2) is 36.5 Å². The van der Waals surface area contributed by atoms with E-state index in [1.807, 2.05) is 23.1 Å². The number of anilines is 1. The number of hydrogen-bond donors (Lipinski definition) is 0. The van der Waals surface area contributed by atoms with E-state index < -0.39 is 11.7 Å². The van der Waals surface area contributed by atoms with Crippen molar-refractivity contribution in [3.8, 4) is 0 Å². The number of nitrogens with zero attached hydrogens (tertiary/aromatic N) is 2. The van der Waals surface area contributed by atoms with E-state index in [9.17, 15) is 13.2 Å². The van der Waals surface area contributed by atoms with Crippen LogP contribution in [0, 0.1) is 0 Å². The van der Waals surface area contributed by atoms with Crippen LogP contribution in [0.1, 0.15) is 16.7 Å². The van der Waals surface area contributed by atoms with Gasteiger partial charge >= 0.3 is 6.18 Å². The molecule has 0 atom stereocenters. The maximum atomic E-state index is 12.6. The molecule has 0 radical (unpaired) electrons. The molecule has 6 heteroatoms. The van der Waals surface area contributed by atoms with Gasteiger partial charge in [0.2, 0.25) is 0 Å². The highest BCUT2D eigenvalue weighted by molar-refractivity contribution is 6.33. The molecule has 0 N–H and O–H groups in total.